The van der Waals surface area contributed by atoms with Gasteiger partial charge in [-0.1, -0.05) is 0 Å². The van der Waals surface area contributed by atoms with Crippen molar-refractivity contribution < 1.29 is 5.11 Å². The first-order valence-electron chi connectivity index (χ1n) is 6.44. The molecule has 0 aromatic rings. The molecule has 0 unspecified atom stereocenters. The van der Waals surface area contributed by atoms with E-state index in [-0.39, 0.29) is 0 Å². The van der Waals surface area contributed by atoms with E-state index in [2.05, 4.69) is 9.80 Å². The van der Waals surface area contributed by atoms with E-state index in [1.807, 2.05) is 0 Å². The van der Waals surface area contributed by atoms with Gasteiger partial charge in [-0.3, -0.25) is 0 Å². The Morgan fingerprint density at radius 3 is 2.00 bits per heavy atom. The summed E-state index contributed by atoms with van der Waals surface area (Å²) in [5.74, 6) is 0.580. The molecular formula is C12H24N2O. The zero-order valence-corrected chi connectivity index (χ0v) is 9.70. The Bertz CT molecular complexity index is 174. The first kappa shape index (κ1) is 11.4. The van der Waals surface area contributed by atoms with Crippen molar-refractivity contribution in [2.24, 2.45) is 5.92 Å². The quantitative estimate of drug-likeness (QED) is 0.730. The molecule has 0 bridgehead atoms. The van der Waals surface area contributed by atoms with Crippen LogP contribution in [0.3, 0.4) is 0 Å². The Morgan fingerprint density at radius 2 is 1.53 bits per heavy atom. The molecule has 2 rings (SSSR count). The van der Waals surface area contributed by atoms with Gasteiger partial charge in [0.05, 0.1) is 0 Å². The summed E-state index contributed by atoms with van der Waals surface area (Å²) < 4.78 is 0. The number of hydrogen-bond acceptors (Lipinski definition) is 3. The first-order valence-corrected chi connectivity index (χ1v) is 6.44. The third-order valence-corrected chi connectivity index (χ3v) is 3.86. The van der Waals surface area contributed by atoms with Crippen LogP contribution in [-0.2, 0) is 0 Å². The number of hydrogen-bond donors (Lipinski definition) is 1. The summed E-state index contributed by atoms with van der Waals surface area (Å²) in [6.07, 6.45) is 5.12. The molecule has 0 aromatic heterocycles. The minimum atomic E-state index is 0.390. The minimum absolute atomic E-state index is 0.390. The lowest BCUT2D eigenvalue weighted by Gasteiger charge is -2.34. The van der Waals surface area contributed by atoms with Crippen LogP contribution in [0.2, 0.25) is 0 Å². The second kappa shape index (κ2) is 5.83. The van der Waals surface area contributed by atoms with Gasteiger partial charge in [0.2, 0.25) is 0 Å². The predicted molar refractivity (Wildman–Crippen MR) is 61.9 cm³/mol. The van der Waals surface area contributed by atoms with Crippen LogP contribution in [0.4, 0.5) is 0 Å². The molecule has 2 saturated heterocycles. The fourth-order valence-electron chi connectivity index (χ4n) is 2.52. The highest BCUT2D eigenvalue weighted by Gasteiger charge is 2.18. The van der Waals surface area contributed by atoms with E-state index in [0.29, 0.717) is 12.5 Å². The molecule has 0 atom stereocenters. The van der Waals surface area contributed by atoms with Gasteiger partial charge in [-0.15, -0.1) is 0 Å². The maximum atomic E-state index is 9.04. The molecule has 2 fully saturated rings. The van der Waals surface area contributed by atoms with Crippen molar-refractivity contribution in [2.75, 3.05) is 45.9 Å². The lowest BCUT2D eigenvalue weighted by molar-refractivity contribution is 0.120. The first-order chi connectivity index (χ1) is 7.38. The summed E-state index contributed by atoms with van der Waals surface area (Å²) in [4.78, 5) is 5.10. The van der Waals surface area contributed by atoms with Crippen molar-refractivity contribution in [3.63, 3.8) is 0 Å². The zero-order chi connectivity index (χ0) is 10.5. The molecule has 3 heteroatoms. The van der Waals surface area contributed by atoms with E-state index in [9.17, 15) is 0 Å². The van der Waals surface area contributed by atoms with Crippen molar-refractivity contribution in [3.8, 4) is 0 Å². The SMILES string of the molecule is OCC1CCN(CCCN2CCC2)CC1. The molecule has 2 aliphatic rings. The summed E-state index contributed by atoms with van der Waals surface area (Å²) >= 11 is 0. The standard InChI is InChI=1S/C12H24N2O/c15-11-12-3-9-14(10-4-12)8-2-7-13-5-1-6-13/h12,15H,1-11H2. The van der Waals surface area contributed by atoms with E-state index in [0.717, 1.165) is 0 Å². The molecule has 2 heterocycles. The van der Waals surface area contributed by atoms with Crippen LogP contribution in [0, 0.1) is 5.92 Å². The Balaban J connectivity index is 1.52. The van der Waals surface area contributed by atoms with Crippen LogP contribution in [0.25, 0.3) is 0 Å². The van der Waals surface area contributed by atoms with E-state index < -0.39 is 0 Å². The number of rotatable bonds is 5. The van der Waals surface area contributed by atoms with Gasteiger partial charge < -0.3 is 14.9 Å². The number of aliphatic hydroxyl groups is 1. The lowest BCUT2D eigenvalue weighted by Crippen LogP contribution is -2.40. The largest absolute Gasteiger partial charge is 0.396 e. The van der Waals surface area contributed by atoms with Gasteiger partial charge >= 0.3 is 0 Å². The molecule has 15 heavy (non-hydrogen) atoms. The van der Waals surface area contributed by atoms with E-state index in [1.54, 1.807) is 0 Å². The Kier molecular flexibility index (Phi) is 4.42. The normalized spacial score (nSPS) is 25.4. The van der Waals surface area contributed by atoms with Gasteiger partial charge in [0.25, 0.3) is 0 Å². The molecular weight excluding hydrogens is 188 g/mol. The van der Waals surface area contributed by atoms with Gasteiger partial charge in [0, 0.05) is 6.61 Å². The van der Waals surface area contributed by atoms with Gasteiger partial charge in [-0.2, -0.15) is 0 Å². The molecule has 0 aliphatic carbocycles. The second-order valence-electron chi connectivity index (χ2n) is 5.02. The van der Waals surface area contributed by atoms with E-state index in [4.69, 9.17) is 5.11 Å². The minimum Gasteiger partial charge on any atom is -0.396 e. The highest BCUT2D eigenvalue weighted by atomic mass is 16.3. The summed E-state index contributed by atoms with van der Waals surface area (Å²) in [6, 6.07) is 0. The fourth-order valence-corrected chi connectivity index (χ4v) is 2.52. The number of likely N-dealkylation sites (tertiary alicyclic amines) is 2. The Labute approximate surface area is 93.1 Å². The second-order valence-corrected chi connectivity index (χ2v) is 5.02. The highest BCUT2D eigenvalue weighted by Crippen LogP contribution is 2.16. The fraction of sp³-hybridized carbons (Fsp3) is 1.00. The average Bonchev–Trinajstić information content (AvgIpc) is 2.23. The lowest BCUT2D eigenvalue weighted by atomic mass is 9.98. The highest BCUT2D eigenvalue weighted by molar-refractivity contribution is 4.73. The van der Waals surface area contributed by atoms with E-state index >= 15 is 0 Å². The van der Waals surface area contributed by atoms with Crippen LogP contribution in [0.1, 0.15) is 25.7 Å². The molecule has 0 amide bonds. The third-order valence-electron chi connectivity index (χ3n) is 3.86. The van der Waals surface area contributed by atoms with Gasteiger partial charge in [0.1, 0.15) is 0 Å². The van der Waals surface area contributed by atoms with Crippen molar-refractivity contribution in [1.82, 2.24) is 9.80 Å². The summed E-state index contributed by atoms with van der Waals surface area (Å²) in [6.45, 7) is 7.99. The zero-order valence-electron chi connectivity index (χ0n) is 9.70. The maximum Gasteiger partial charge on any atom is 0.0460 e. The molecule has 0 aromatic carbocycles. The number of piperidine rings is 1. The molecule has 2 aliphatic heterocycles. The Morgan fingerprint density at radius 1 is 0.933 bits per heavy atom. The van der Waals surface area contributed by atoms with Crippen LogP contribution in [-0.4, -0.2) is 60.8 Å². The van der Waals surface area contributed by atoms with Gasteiger partial charge in [-0.25, -0.2) is 0 Å². The average molecular weight is 212 g/mol. The molecule has 88 valence electrons. The number of nitrogens with zero attached hydrogens (tertiary/aromatic N) is 2. The van der Waals surface area contributed by atoms with Crippen LogP contribution in [0.15, 0.2) is 0 Å². The molecule has 3 nitrogen and oxygen atoms in total. The maximum absolute atomic E-state index is 9.04. The van der Waals surface area contributed by atoms with Crippen molar-refractivity contribution >= 4 is 0 Å². The third kappa shape index (κ3) is 3.44. The topological polar surface area (TPSA) is 26.7 Å². The molecule has 0 spiro atoms. The predicted octanol–water partition coefficient (Wildman–Crippen LogP) is 0.786. The van der Waals surface area contributed by atoms with Crippen molar-refractivity contribution in [3.05, 3.63) is 0 Å². The van der Waals surface area contributed by atoms with Crippen LogP contribution in [0.5, 0.6) is 0 Å². The van der Waals surface area contributed by atoms with Crippen molar-refractivity contribution in [2.45, 2.75) is 25.7 Å². The summed E-state index contributed by atoms with van der Waals surface area (Å²) in [5.41, 5.74) is 0. The van der Waals surface area contributed by atoms with E-state index in [1.165, 1.54) is 65.0 Å². The number of aliphatic hydroxyl groups excluding tert-OH is 1. The smallest absolute Gasteiger partial charge is 0.0460 e. The summed E-state index contributed by atoms with van der Waals surface area (Å²) in [5, 5.41) is 9.04. The molecule has 0 radical (unpaired) electrons. The molecule has 0 saturated carbocycles. The van der Waals surface area contributed by atoms with Crippen molar-refractivity contribution in [1.29, 1.82) is 0 Å². The van der Waals surface area contributed by atoms with Gasteiger partial charge in [0.15, 0.2) is 0 Å². The van der Waals surface area contributed by atoms with Crippen LogP contribution < -0.4 is 0 Å². The van der Waals surface area contributed by atoms with Crippen LogP contribution >= 0.6 is 0 Å². The Hall–Kier alpha value is -0.120. The molecule has 1 N–H and O–H groups in total. The van der Waals surface area contributed by atoms with Gasteiger partial charge in [-0.05, 0) is 70.9 Å². The summed E-state index contributed by atoms with van der Waals surface area (Å²) in [7, 11) is 0. The monoisotopic (exact) mass is 212 g/mol.